The fraction of sp³-hybridized carbons (Fsp3) is 0.407. The lowest BCUT2D eigenvalue weighted by Crippen LogP contribution is -2.49. The van der Waals surface area contributed by atoms with Crippen molar-refractivity contribution in [3.63, 3.8) is 0 Å². The van der Waals surface area contributed by atoms with Gasteiger partial charge in [-0.3, -0.25) is 24.0 Å². The van der Waals surface area contributed by atoms with E-state index in [-0.39, 0.29) is 17.9 Å². The number of rotatable bonds is 11. The maximum Gasteiger partial charge on any atom is 0.259 e. The van der Waals surface area contributed by atoms with Crippen molar-refractivity contribution in [2.45, 2.75) is 50.6 Å². The number of hydrogen-bond donors (Lipinski definition) is 1. The number of ether oxygens (including phenoxy) is 1. The number of hydrogen-bond acceptors (Lipinski definition) is 6. The fourth-order valence-corrected chi connectivity index (χ4v) is 4.33. The van der Waals surface area contributed by atoms with E-state index >= 15 is 0 Å². The third kappa shape index (κ3) is 6.96. The second kappa shape index (κ2) is 12.9. The Morgan fingerprint density at radius 3 is 2.56 bits per heavy atom. The Morgan fingerprint density at radius 2 is 1.93 bits per heavy atom. The number of amides is 2. The predicted octanol–water partition coefficient (Wildman–Crippen LogP) is 4.20. The topological polar surface area (TPSA) is 107 Å². The summed E-state index contributed by atoms with van der Waals surface area (Å²) in [6, 6.07) is 3.51. The van der Waals surface area contributed by atoms with Gasteiger partial charge in [-0.05, 0) is 43.0 Å². The third-order valence-corrected chi connectivity index (χ3v) is 6.79. The van der Waals surface area contributed by atoms with Gasteiger partial charge in [0.2, 0.25) is 11.8 Å². The number of allylic oxidation sites excluding steroid dienone is 4. The lowest BCUT2D eigenvalue weighted by molar-refractivity contribution is -0.169. The molecule has 1 aromatic heterocycles. The number of nitrogens with zero attached hydrogens (tertiary/aromatic N) is 2. The van der Waals surface area contributed by atoms with Crippen molar-refractivity contribution in [2.75, 3.05) is 20.8 Å². The molecule has 2 aromatic rings. The van der Waals surface area contributed by atoms with Crippen molar-refractivity contribution in [3.8, 4) is 0 Å². The van der Waals surface area contributed by atoms with E-state index in [1.54, 1.807) is 25.1 Å². The molecule has 0 bridgehead atoms. The maximum absolute atomic E-state index is 14.5. The molecule has 4 atom stereocenters. The molecule has 3 rings (SSSR count). The van der Waals surface area contributed by atoms with E-state index in [4.69, 9.17) is 21.2 Å². The Bertz CT molecular complexity index is 1470. The van der Waals surface area contributed by atoms with Crippen molar-refractivity contribution < 1.29 is 41.5 Å². The van der Waals surface area contributed by atoms with Gasteiger partial charge in [-0.2, -0.15) is 4.39 Å². The van der Waals surface area contributed by atoms with Crippen LogP contribution >= 0.6 is 11.6 Å². The van der Waals surface area contributed by atoms with Gasteiger partial charge in [0.05, 0.1) is 13.5 Å². The molecule has 0 spiro atoms. The van der Waals surface area contributed by atoms with E-state index < -0.39 is 77.5 Å². The van der Waals surface area contributed by atoms with Crippen molar-refractivity contribution >= 4 is 40.0 Å². The first-order valence-corrected chi connectivity index (χ1v) is 12.8. The summed E-state index contributed by atoms with van der Waals surface area (Å²) in [7, 11) is 2.42. The van der Waals surface area contributed by atoms with Gasteiger partial charge >= 0.3 is 0 Å². The van der Waals surface area contributed by atoms with E-state index in [0.29, 0.717) is 17.3 Å². The van der Waals surface area contributed by atoms with Crippen molar-refractivity contribution in [2.24, 2.45) is 0 Å². The standard InChI is InChI=1S/C27H28ClF4N3O6/c1-5-19(35-9-8-14-6-7-15(28)10-16(14)26(35)39)25(38)33-18(11-21(37)34(3)40-4)20(36)13-41-23-22(30)17(29)12-27(2,32)24(23)31/h6-10,12,18-19,24H,5,11,13H2,1-4H3,(H,33,38). The Morgan fingerprint density at radius 1 is 1.24 bits per heavy atom. The van der Waals surface area contributed by atoms with Crippen LogP contribution in [0.3, 0.4) is 0 Å². The number of hydroxylamine groups is 2. The quantitative estimate of drug-likeness (QED) is 0.306. The first-order valence-electron chi connectivity index (χ1n) is 12.4. The molecule has 4 unspecified atom stereocenters. The Kier molecular flexibility index (Phi) is 9.98. The number of aromatic nitrogens is 1. The first kappa shape index (κ1) is 31.8. The normalized spacial score (nSPS) is 20.3. The summed E-state index contributed by atoms with van der Waals surface area (Å²) >= 11 is 6.02. The zero-order valence-corrected chi connectivity index (χ0v) is 23.3. The smallest absolute Gasteiger partial charge is 0.259 e. The molecule has 222 valence electrons. The highest BCUT2D eigenvalue weighted by atomic mass is 35.5. The van der Waals surface area contributed by atoms with Crippen LogP contribution in [0.2, 0.25) is 5.02 Å². The van der Waals surface area contributed by atoms with E-state index in [1.165, 1.54) is 26.4 Å². The lowest BCUT2D eigenvalue weighted by Gasteiger charge is -2.28. The number of Topliss-reactive ketones (excluding diaryl/α,β-unsaturated/α-hetero) is 1. The van der Waals surface area contributed by atoms with E-state index in [9.17, 15) is 36.7 Å². The summed E-state index contributed by atoms with van der Waals surface area (Å²) in [4.78, 5) is 56.8. The summed E-state index contributed by atoms with van der Waals surface area (Å²) in [5.74, 6) is -7.56. The van der Waals surface area contributed by atoms with Crippen LogP contribution in [0.25, 0.3) is 10.8 Å². The number of fused-ring (bicyclic) bond motifs is 1. The SMILES string of the molecule is CCC(C(=O)NC(CC(=O)N(C)OC)C(=O)COC1=C(F)C(F)=CC(C)(F)C1F)n1ccc2ccc(Cl)cc2c1=O. The molecule has 1 aliphatic rings. The average Bonchev–Trinajstić information content (AvgIpc) is 2.92. The number of alkyl halides is 2. The molecule has 2 amide bonds. The van der Waals surface area contributed by atoms with Gasteiger partial charge in [0, 0.05) is 23.7 Å². The number of carbonyl (C=O) groups excluding carboxylic acids is 3. The predicted molar refractivity (Wildman–Crippen MR) is 142 cm³/mol. The molecular weight excluding hydrogens is 574 g/mol. The first-order chi connectivity index (χ1) is 19.2. The zero-order chi connectivity index (χ0) is 30.6. The molecule has 0 saturated heterocycles. The summed E-state index contributed by atoms with van der Waals surface area (Å²) in [5, 5.41) is 4.28. The van der Waals surface area contributed by atoms with Crippen LogP contribution in [0.1, 0.15) is 32.7 Å². The molecule has 0 radical (unpaired) electrons. The molecular formula is C27H28ClF4N3O6. The van der Waals surface area contributed by atoms with E-state index in [1.807, 2.05) is 0 Å². The monoisotopic (exact) mass is 601 g/mol. The van der Waals surface area contributed by atoms with Crippen LogP contribution < -0.4 is 10.9 Å². The Labute approximate surface area is 237 Å². The van der Waals surface area contributed by atoms with Gasteiger partial charge in [-0.25, -0.2) is 18.2 Å². The van der Waals surface area contributed by atoms with Crippen LogP contribution in [-0.4, -0.2) is 65.9 Å². The second-order valence-electron chi connectivity index (χ2n) is 9.46. The molecule has 1 aromatic carbocycles. The lowest BCUT2D eigenvalue weighted by atomic mass is 9.95. The number of nitrogens with one attached hydrogen (secondary N) is 1. The highest BCUT2D eigenvalue weighted by Gasteiger charge is 2.44. The van der Waals surface area contributed by atoms with E-state index in [0.717, 1.165) is 9.63 Å². The Hall–Kier alpha value is -3.71. The minimum absolute atomic E-state index is 0.0868. The molecule has 0 fully saturated rings. The molecule has 9 nitrogen and oxygen atoms in total. The van der Waals surface area contributed by atoms with Gasteiger partial charge in [0.1, 0.15) is 18.7 Å². The van der Waals surface area contributed by atoms with E-state index in [2.05, 4.69) is 5.32 Å². The molecule has 1 N–H and O–H groups in total. The fourth-order valence-electron chi connectivity index (χ4n) is 4.15. The summed E-state index contributed by atoms with van der Waals surface area (Å²) in [5.41, 5.74) is -3.49. The van der Waals surface area contributed by atoms with Crippen molar-refractivity contribution in [3.05, 3.63) is 69.3 Å². The summed E-state index contributed by atoms with van der Waals surface area (Å²) < 4.78 is 62.8. The van der Waals surface area contributed by atoms with Gasteiger partial charge in [0.25, 0.3) is 5.56 Å². The van der Waals surface area contributed by atoms with Crippen LogP contribution in [0.15, 0.2) is 58.7 Å². The number of carbonyl (C=O) groups is 3. The highest BCUT2D eigenvalue weighted by Crippen LogP contribution is 2.38. The van der Waals surface area contributed by atoms with Crippen LogP contribution in [-0.2, 0) is 24.0 Å². The van der Waals surface area contributed by atoms with Crippen LogP contribution in [0.4, 0.5) is 17.6 Å². The second-order valence-corrected chi connectivity index (χ2v) is 9.90. The van der Waals surface area contributed by atoms with Gasteiger partial charge < -0.3 is 14.6 Å². The Balaban J connectivity index is 1.87. The molecule has 14 heteroatoms. The molecule has 41 heavy (non-hydrogen) atoms. The number of benzene rings is 1. The largest absolute Gasteiger partial charge is 0.484 e. The number of halogens is 5. The molecule has 0 aliphatic heterocycles. The van der Waals surface area contributed by atoms with Gasteiger partial charge in [0.15, 0.2) is 35.0 Å². The number of pyridine rings is 1. The maximum atomic E-state index is 14.5. The summed E-state index contributed by atoms with van der Waals surface area (Å²) in [6.45, 7) is 1.12. The zero-order valence-electron chi connectivity index (χ0n) is 22.6. The highest BCUT2D eigenvalue weighted by molar-refractivity contribution is 6.31. The van der Waals surface area contributed by atoms with Crippen molar-refractivity contribution in [1.82, 2.24) is 14.9 Å². The molecule has 1 aliphatic carbocycles. The van der Waals surface area contributed by atoms with Crippen LogP contribution in [0, 0.1) is 0 Å². The summed E-state index contributed by atoms with van der Waals surface area (Å²) in [6.07, 6.45) is -1.85. The minimum atomic E-state index is -2.95. The number of ketones is 1. The van der Waals surface area contributed by atoms with Crippen molar-refractivity contribution in [1.29, 1.82) is 0 Å². The van der Waals surface area contributed by atoms with Gasteiger partial charge in [-0.1, -0.05) is 24.6 Å². The van der Waals surface area contributed by atoms with Gasteiger partial charge in [-0.15, -0.1) is 0 Å². The third-order valence-electron chi connectivity index (χ3n) is 6.56. The average molecular weight is 602 g/mol. The van der Waals surface area contributed by atoms with Crippen LogP contribution in [0.5, 0.6) is 0 Å². The molecule has 1 heterocycles. The minimum Gasteiger partial charge on any atom is -0.484 e. The molecule has 0 saturated carbocycles.